The molecule has 0 bridgehead atoms. The van der Waals surface area contributed by atoms with Gasteiger partial charge in [0.1, 0.15) is 11.4 Å². The Balaban J connectivity index is 1.68. The number of anilines is 3. The highest BCUT2D eigenvalue weighted by molar-refractivity contribution is 5.79. The van der Waals surface area contributed by atoms with Crippen LogP contribution in [0.1, 0.15) is 50.2 Å². The lowest BCUT2D eigenvalue weighted by Crippen LogP contribution is -2.47. The lowest BCUT2D eigenvalue weighted by molar-refractivity contribution is -0.137. The SMILES string of the molecule is CC=C(NC)c1ccc(Nc2nc(NCC3(N)CCCCC3)[nH]c3c[nH]c(=O)c2-3)cc1C(F)(F)F. The van der Waals surface area contributed by atoms with Gasteiger partial charge in [-0.05, 0) is 31.9 Å². The number of hydrogen-bond donors (Lipinski definition) is 6. The Hall–Kier alpha value is -3.47. The summed E-state index contributed by atoms with van der Waals surface area (Å²) in [5.74, 6) is 0.511. The maximum Gasteiger partial charge on any atom is 0.417 e. The van der Waals surface area contributed by atoms with Crippen LogP contribution in [0.3, 0.4) is 0 Å². The molecule has 0 unspecified atom stereocenters. The van der Waals surface area contributed by atoms with E-state index in [1.807, 2.05) is 0 Å². The van der Waals surface area contributed by atoms with Gasteiger partial charge in [0.05, 0.1) is 11.3 Å². The first-order valence-corrected chi connectivity index (χ1v) is 11.6. The zero-order chi connectivity index (χ0) is 25.2. The molecule has 4 rings (SSSR count). The third-order valence-corrected chi connectivity index (χ3v) is 6.45. The number of nitrogens with two attached hydrogens (primary N) is 1. The van der Waals surface area contributed by atoms with Crippen molar-refractivity contribution in [2.45, 2.75) is 50.7 Å². The van der Waals surface area contributed by atoms with E-state index in [0.717, 1.165) is 31.7 Å². The Bertz CT molecular complexity index is 1240. The summed E-state index contributed by atoms with van der Waals surface area (Å²) < 4.78 is 41.6. The minimum absolute atomic E-state index is 0.0294. The highest BCUT2D eigenvalue weighted by atomic mass is 19.4. The second-order valence-electron chi connectivity index (χ2n) is 8.95. The molecule has 0 spiro atoms. The molecule has 188 valence electrons. The van der Waals surface area contributed by atoms with Crippen LogP contribution in [0.15, 0.2) is 35.3 Å². The number of benzene rings is 1. The molecule has 1 aliphatic carbocycles. The molecule has 2 aliphatic heterocycles. The summed E-state index contributed by atoms with van der Waals surface area (Å²) >= 11 is 0. The summed E-state index contributed by atoms with van der Waals surface area (Å²) in [6.45, 7) is 2.15. The van der Waals surface area contributed by atoms with Crippen LogP contribution in [0.5, 0.6) is 0 Å². The molecule has 35 heavy (non-hydrogen) atoms. The number of allylic oxidation sites excluding steroid dienone is 1. The predicted molar refractivity (Wildman–Crippen MR) is 132 cm³/mol. The average Bonchev–Trinajstić information content (AvgIpc) is 3.20. The van der Waals surface area contributed by atoms with E-state index in [1.54, 1.807) is 20.0 Å². The molecule has 1 aromatic rings. The van der Waals surface area contributed by atoms with Gasteiger partial charge in [-0.15, -0.1) is 0 Å². The van der Waals surface area contributed by atoms with E-state index in [9.17, 15) is 18.0 Å². The van der Waals surface area contributed by atoms with Crippen LogP contribution in [-0.2, 0) is 6.18 Å². The quantitative estimate of drug-likeness (QED) is 0.288. The Kier molecular flexibility index (Phi) is 6.79. The first-order chi connectivity index (χ1) is 16.6. The van der Waals surface area contributed by atoms with Crippen molar-refractivity contribution in [1.29, 1.82) is 0 Å². The van der Waals surface area contributed by atoms with E-state index in [4.69, 9.17) is 5.73 Å². The van der Waals surface area contributed by atoms with E-state index in [1.165, 1.54) is 24.8 Å². The van der Waals surface area contributed by atoms with Gasteiger partial charge in [0.2, 0.25) is 5.95 Å². The van der Waals surface area contributed by atoms with Crippen molar-refractivity contribution in [1.82, 2.24) is 20.3 Å². The van der Waals surface area contributed by atoms with Gasteiger partial charge in [-0.1, -0.05) is 31.4 Å². The molecule has 3 aliphatic rings. The minimum Gasteiger partial charge on any atom is -0.388 e. The first-order valence-electron chi connectivity index (χ1n) is 11.6. The van der Waals surface area contributed by atoms with Crippen molar-refractivity contribution in [3.8, 4) is 11.3 Å². The Morgan fingerprint density at radius 3 is 2.66 bits per heavy atom. The summed E-state index contributed by atoms with van der Waals surface area (Å²) in [5.41, 5.74) is 6.19. The lowest BCUT2D eigenvalue weighted by atomic mass is 9.82. The predicted octanol–water partition coefficient (Wildman–Crippen LogP) is 4.62. The fourth-order valence-corrected chi connectivity index (χ4v) is 4.59. The number of hydrogen-bond acceptors (Lipinski definition) is 6. The molecule has 1 saturated carbocycles. The fourth-order valence-electron chi connectivity index (χ4n) is 4.59. The monoisotopic (exact) mass is 489 g/mol. The number of aromatic amines is 2. The van der Waals surface area contributed by atoms with Crippen molar-refractivity contribution in [3.63, 3.8) is 0 Å². The van der Waals surface area contributed by atoms with Crippen LogP contribution in [0.2, 0.25) is 0 Å². The molecule has 0 aromatic heterocycles. The molecular weight excluding hydrogens is 459 g/mol. The number of aromatic nitrogens is 3. The molecule has 0 amide bonds. The Morgan fingerprint density at radius 1 is 1.26 bits per heavy atom. The van der Waals surface area contributed by atoms with Crippen molar-refractivity contribution in [2.24, 2.45) is 5.73 Å². The van der Waals surface area contributed by atoms with Gasteiger partial charge in [0, 0.05) is 42.3 Å². The molecule has 0 saturated heterocycles. The number of nitrogens with zero attached hydrogens (tertiary/aromatic N) is 1. The molecule has 1 fully saturated rings. The molecule has 11 heteroatoms. The van der Waals surface area contributed by atoms with Gasteiger partial charge in [-0.2, -0.15) is 18.2 Å². The zero-order valence-corrected chi connectivity index (χ0v) is 19.7. The van der Waals surface area contributed by atoms with Crippen molar-refractivity contribution in [2.75, 3.05) is 24.2 Å². The topological polar surface area (TPSA) is 124 Å². The second kappa shape index (κ2) is 9.65. The third kappa shape index (κ3) is 5.29. The van der Waals surface area contributed by atoms with Gasteiger partial charge < -0.3 is 31.7 Å². The smallest absolute Gasteiger partial charge is 0.388 e. The highest BCUT2D eigenvalue weighted by Crippen LogP contribution is 2.37. The van der Waals surface area contributed by atoms with Crippen molar-refractivity contribution >= 4 is 23.2 Å². The average molecular weight is 490 g/mol. The van der Waals surface area contributed by atoms with Crippen LogP contribution < -0.4 is 27.2 Å². The second-order valence-corrected chi connectivity index (χ2v) is 8.95. The van der Waals surface area contributed by atoms with E-state index in [-0.39, 0.29) is 28.2 Å². The van der Waals surface area contributed by atoms with Gasteiger partial charge in [-0.3, -0.25) is 4.79 Å². The minimum atomic E-state index is -4.58. The zero-order valence-electron chi connectivity index (χ0n) is 19.7. The third-order valence-electron chi connectivity index (χ3n) is 6.45. The van der Waals surface area contributed by atoms with E-state index in [0.29, 0.717) is 23.9 Å². The standard InChI is InChI=1S/C24H30F3N7O/c1-3-17(29-2)15-8-7-14(11-16(15)24(25,26)27)32-20-19-18(12-30-21(19)35)33-22(34-20)31-13-23(28)9-5-4-6-10-23/h3,7-8,11-12,29,32H,4-6,9-10,13,28H2,1-2H3,(H,30,35)(H2,31,33,34). The van der Waals surface area contributed by atoms with E-state index < -0.39 is 17.3 Å². The summed E-state index contributed by atoms with van der Waals surface area (Å²) in [6, 6.07) is 3.93. The summed E-state index contributed by atoms with van der Waals surface area (Å²) in [5, 5.41) is 8.92. The fraction of sp³-hybridized carbons (Fsp3) is 0.417. The maximum absolute atomic E-state index is 13.9. The molecule has 7 N–H and O–H groups in total. The number of H-pyrrole nitrogens is 2. The molecular formula is C24H30F3N7O. The normalized spacial score (nSPS) is 16.3. The van der Waals surface area contributed by atoms with Crippen LogP contribution in [0, 0.1) is 0 Å². The maximum atomic E-state index is 13.9. The lowest BCUT2D eigenvalue weighted by Gasteiger charge is -2.33. The molecule has 0 atom stereocenters. The van der Waals surface area contributed by atoms with Crippen LogP contribution in [0.4, 0.5) is 30.6 Å². The number of rotatable bonds is 7. The Morgan fingerprint density at radius 2 is 2.00 bits per heavy atom. The molecule has 1 aromatic carbocycles. The summed E-state index contributed by atoms with van der Waals surface area (Å²) in [7, 11) is 1.57. The molecule has 2 heterocycles. The Labute approximate surface area is 201 Å². The van der Waals surface area contributed by atoms with Crippen LogP contribution in [0.25, 0.3) is 17.0 Å². The highest BCUT2D eigenvalue weighted by Gasteiger charge is 2.34. The van der Waals surface area contributed by atoms with E-state index >= 15 is 0 Å². The van der Waals surface area contributed by atoms with Crippen molar-refractivity contribution in [3.05, 3.63) is 52.0 Å². The number of alkyl halides is 3. The van der Waals surface area contributed by atoms with Gasteiger partial charge in [-0.25, -0.2) is 0 Å². The van der Waals surface area contributed by atoms with Crippen LogP contribution >= 0.6 is 0 Å². The number of nitrogens with one attached hydrogen (secondary N) is 5. The summed E-state index contributed by atoms with van der Waals surface area (Å²) in [6.07, 6.45) is 3.60. The number of halogens is 3. The molecule has 8 nitrogen and oxygen atoms in total. The molecule has 0 radical (unpaired) electrons. The van der Waals surface area contributed by atoms with Gasteiger partial charge in [0.25, 0.3) is 5.56 Å². The summed E-state index contributed by atoms with van der Waals surface area (Å²) in [4.78, 5) is 22.5. The van der Waals surface area contributed by atoms with Crippen LogP contribution in [-0.4, -0.2) is 34.1 Å². The first kappa shape index (κ1) is 24.6. The van der Waals surface area contributed by atoms with Gasteiger partial charge in [0.15, 0.2) is 0 Å². The van der Waals surface area contributed by atoms with Crippen molar-refractivity contribution < 1.29 is 13.2 Å². The largest absolute Gasteiger partial charge is 0.417 e. The van der Waals surface area contributed by atoms with Gasteiger partial charge >= 0.3 is 6.18 Å². The number of fused-ring (bicyclic) bond motifs is 1. The van der Waals surface area contributed by atoms with E-state index in [2.05, 4.69) is 30.9 Å².